The van der Waals surface area contributed by atoms with E-state index in [2.05, 4.69) is 0 Å². The van der Waals surface area contributed by atoms with Crippen LogP contribution in [0.2, 0.25) is 0 Å². The van der Waals surface area contributed by atoms with Gasteiger partial charge in [-0.1, -0.05) is 55.5 Å². The van der Waals surface area contributed by atoms with Crippen LogP contribution in [0.5, 0.6) is 5.75 Å². The molecule has 0 spiro atoms. The number of hydrogen-bond acceptors (Lipinski definition) is 5. The molecule has 5 nitrogen and oxygen atoms in total. The van der Waals surface area contributed by atoms with Crippen LogP contribution >= 0.6 is 0 Å². The van der Waals surface area contributed by atoms with Gasteiger partial charge in [-0.15, -0.1) is 0 Å². The number of carbonyl (C=O) groups excluding carboxylic acids is 1. The number of aliphatic hydroxyl groups is 1. The predicted molar refractivity (Wildman–Crippen MR) is 117 cm³/mol. The van der Waals surface area contributed by atoms with Crippen LogP contribution in [0.3, 0.4) is 0 Å². The number of ether oxygens (including phenoxy) is 1. The third-order valence-corrected chi connectivity index (χ3v) is 4.18. The van der Waals surface area contributed by atoms with Crippen LogP contribution in [0.1, 0.15) is 30.6 Å². The predicted octanol–water partition coefficient (Wildman–Crippen LogP) is 4.87. The summed E-state index contributed by atoms with van der Waals surface area (Å²) in [5.41, 5.74) is 10.1. The van der Waals surface area contributed by atoms with Crippen LogP contribution in [0, 0.1) is 0 Å². The van der Waals surface area contributed by atoms with Gasteiger partial charge >= 0.3 is 5.97 Å². The average molecular weight is 393 g/mol. The zero-order valence-corrected chi connectivity index (χ0v) is 16.8. The van der Waals surface area contributed by atoms with E-state index in [1.807, 2.05) is 43.3 Å². The van der Waals surface area contributed by atoms with Crippen LogP contribution in [0.15, 0.2) is 66.7 Å². The number of nitrogens with two attached hydrogens (primary N) is 1. The molecule has 0 unspecified atom stereocenters. The number of rotatable bonds is 5. The van der Waals surface area contributed by atoms with Crippen molar-refractivity contribution in [2.24, 2.45) is 0 Å². The Kier molecular flexibility index (Phi) is 8.25. The fourth-order valence-corrected chi connectivity index (χ4v) is 2.83. The van der Waals surface area contributed by atoms with Gasteiger partial charge in [-0.3, -0.25) is 0 Å². The van der Waals surface area contributed by atoms with Crippen molar-refractivity contribution in [3.8, 4) is 28.0 Å². The molecule has 3 aromatic rings. The van der Waals surface area contributed by atoms with Crippen LogP contribution in [-0.4, -0.2) is 29.4 Å². The van der Waals surface area contributed by atoms with Crippen molar-refractivity contribution >= 4 is 11.7 Å². The van der Waals surface area contributed by atoms with E-state index in [9.17, 15) is 9.90 Å². The summed E-state index contributed by atoms with van der Waals surface area (Å²) < 4.78 is 5.29. The number of hydrogen-bond donors (Lipinski definition) is 3. The van der Waals surface area contributed by atoms with Gasteiger partial charge in [0.2, 0.25) is 0 Å². The van der Waals surface area contributed by atoms with Gasteiger partial charge in [0.1, 0.15) is 5.75 Å². The van der Waals surface area contributed by atoms with E-state index >= 15 is 0 Å². The number of nitrogen functional groups attached to an aromatic ring is 1. The highest BCUT2D eigenvalue weighted by molar-refractivity contribution is 6.07. The summed E-state index contributed by atoms with van der Waals surface area (Å²) in [4.78, 5) is 12.7. The molecule has 4 N–H and O–H groups in total. The first-order valence-electron chi connectivity index (χ1n) is 9.58. The van der Waals surface area contributed by atoms with Crippen LogP contribution in [0.4, 0.5) is 5.69 Å². The van der Waals surface area contributed by atoms with Crippen LogP contribution < -0.4 is 5.73 Å². The maximum Gasteiger partial charge on any atom is 0.339 e. The number of esters is 1. The maximum atomic E-state index is 12.7. The molecular formula is C24H27NO4. The van der Waals surface area contributed by atoms with Crippen molar-refractivity contribution in [1.29, 1.82) is 0 Å². The summed E-state index contributed by atoms with van der Waals surface area (Å²) in [6, 6.07) is 19.9. The first-order valence-corrected chi connectivity index (χ1v) is 9.58. The summed E-state index contributed by atoms with van der Waals surface area (Å²) in [6.07, 6.45) is 0.875. The smallest absolute Gasteiger partial charge is 0.339 e. The van der Waals surface area contributed by atoms with Gasteiger partial charge in [0.15, 0.2) is 0 Å². The maximum absolute atomic E-state index is 12.7. The molecule has 152 valence electrons. The molecule has 0 aliphatic rings. The minimum absolute atomic E-state index is 0.152. The minimum Gasteiger partial charge on any atom is -0.508 e. The van der Waals surface area contributed by atoms with Crippen molar-refractivity contribution < 1.29 is 19.7 Å². The first kappa shape index (κ1) is 22.0. The third kappa shape index (κ3) is 5.59. The second kappa shape index (κ2) is 10.9. The van der Waals surface area contributed by atoms with Crippen molar-refractivity contribution in [3.05, 3.63) is 72.3 Å². The standard InChI is InChI=1S/C21H19NO3.C3H8O/c1-2-25-21(24)20-17(14-6-4-3-5-7-14)12-13-18(22)19(20)15-8-10-16(23)11-9-15;1-2-3-4/h3-13,23H,2,22H2,1H3;4H,2-3H2,1H3. The highest BCUT2D eigenvalue weighted by Crippen LogP contribution is 2.37. The lowest BCUT2D eigenvalue weighted by atomic mass is 9.90. The van der Waals surface area contributed by atoms with Crippen LogP contribution in [-0.2, 0) is 4.74 Å². The molecule has 29 heavy (non-hydrogen) atoms. The normalized spacial score (nSPS) is 10.0. The number of anilines is 1. The fraction of sp³-hybridized carbons (Fsp3) is 0.208. The largest absolute Gasteiger partial charge is 0.508 e. The third-order valence-electron chi connectivity index (χ3n) is 4.18. The Hall–Kier alpha value is -3.31. The number of aromatic hydroxyl groups is 1. The SMILES string of the molecule is CCCO.CCOC(=O)c1c(-c2ccccc2)ccc(N)c1-c1ccc(O)cc1. The Bertz CT molecular complexity index is 920. The number of benzene rings is 3. The Morgan fingerprint density at radius 2 is 1.55 bits per heavy atom. The molecule has 0 radical (unpaired) electrons. The molecule has 0 bridgehead atoms. The molecule has 3 rings (SSSR count). The van der Waals surface area contributed by atoms with Crippen molar-refractivity contribution in [2.45, 2.75) is 20.3 Å². The van der Waals surface area contributed by atoms with Gasteiger partial charge in [-0.2, -0.15) is 0 Å². The van der Waals surface area contributed by atoms with Gasteiger partial charge in [-0.05, 0) is 48.2 Å². The average Bonchev–Trinajstić information content (AvgIpc) is 2.75. The lowest BCUT2D eigenvalue weighted by molar-refractivity contribution is 0.0528. The molecule has 0 aliphatic carbocycles. The zero-order chi connectivity index (χ0) is 21.2. The lowest BCUT2D eigenvalue weighted by Gasteiger charge is -2.17. The van der Waals surface area contributed by atoms with E-state index in [4.69, 9.17) is 15.6 Å². The van der Waals surface area contributed by atoms with Crippen LogP contribution in [0.25, 0.3) is 22.3 Å². The molecule has 0 aromatic heterocycles. The van der Waals surface area contributed by atoms with E-state index in [1.165, 1.54) is 0 Å². The van der Waals surface area contributed by atoms with E-state index in [1.54, 1.807) is 37.3 Å². The van der Waals surface area contributed by atoms with Gasteiger partial charge < -0.3 is 20.7 Å². The quantitative estimate of drug-likeness (QED) is 0.425. The molecule has 0 saturated heterocycles. The Labute approximate surface area is 171 Å². The molecule has 0 fully saturated rings. The van der Waals surface area contributed by atoms with Gasteiger partial charge in [0.25, 0.3) is 0 Å². The number of carbonyl (C=O) groups is 1. The van der Waals surface area contributed by atoms with E-state index in [-0.39, 0.29) is 12.4 Å². The summed E-state index contributed by atoms with van der Waals surface area (Å²) in [7, 11) is 0. The van der Waals surface area contributed by atoms with Gasteiger partial charge in [0, 0.05) is 17.9 Å². The number of aliphatic hydroxyl groups excluding tert-OH is 1. The summed E-state index contributed by atoms with van der Waals surface area (Å²) in [5, 5.41) is 17.4. The van der Waals surface area contributed by atoms with Crippen molar-refractivity contribution in [3.63, 3.8) is 0 Å². The second-order valence-corrected chi connectivity index (χ2v) is 6.31. The molecule has 0 heterocycles. The zero-order valence-electron chi connectivity index (χ0n) is 16.8. The Morgan fingerprint density at radius 3 is 2.10 bits per heavy atom. The highest BCUT2D eigenvalue weighted by atomic mass is 16.5. The topological polar surface area (TPSA) is 92.8 Å². The summed E-state index contributed by atoms with van der Waals surface area (Å²) in [6.45, 7) is 4.30. The molecule has 0 saturated carbocycles. The molecule has 0 aliphatic heterocycles. The fourth-order valence-electron chi connectivity index (χ4n) is 2.83. The number of phenolic OH excluding ortho intramolecular Hbond substituents is 1. The van der Waals surface area contributed by atoms with Gasteiger partial charge in [0.05, 0.1) is 12.2 Å². The van der Waals surface area contributed by atoms with Crippen molar-refractivity contribution in [2.75, 3.05) is 18.9 Å². The molecule has 5 heteroatoms. The Balaban J connectivity index is 0.000000687. The Morgan fingerprint density at radius 1 is 0.931 bits per heavy atom. The molecule has 3 aromatic carbocycles. The van der Waals surface area contributed by atoms with E-state index in [0.29, 0.717) is 23.4 Å². The van der Waals surface area contributed by atoms with E-state index in [0.717, 1.165) is 23.1 Å². The molecule has 0 atom stereocenters. The van der Waals surface area contributed by atoms with E-state index < -0.39 is 5.97 Å². The highest BCUT2D eigenvalue weighted by Gasteiger charge is 2.22. The monoisotopic (exact) mass is 393 g/mol. The number of phenols is 1. The minimum atomic E-state index is -0.420. The first-order chi connectivity index (χ1) is 14.0. The lowest BCUT2D eigenvalue weighted by Crippen LogP contribution is -2.10. The second-order valence-electron chi connectivity index (χ2n) is 6.31. The molecule has 0 amide bonds. The molecular weight excluding hydrogens is 366 g/mol. The van der Waals surface area contributed by atoms with Crippen molar-refractivity contribution in [1.82, 2.24) is 0 Å². The summed E-state index contributed by atoms with van der Waals surface area (Å²) in [5.74, 6) is -0.268. The van der Waals surface area contributed by atoms with Gasteiger partial charge in [-0.25, -0.2) is 4.79 Å². The summed E-state index contributed by atoms with van der Waals surface area (Å²) >= 11 is 0.